The zero-order valence-corrected chi connectivity index (χ0v) is 12.8. The van der Waals surface area contributed by atoms with Gasteiger partial charge in [0.05, 0.1) is 6.10 Å². The van der Waals surface area contributed by atoms with Gasteiger partial charge in [-0.05, 0) is 38.4 Å². The number of rotatable bonds is 4. The van der Waals surface area contributed by atoms with Crippen LogP contribution in [0, 0.1) is 5.92 Å². The molecule has 0 aromatic heterocycles. The summed E-state index contributed by atoms with van der Waals surface area (Å²) in [5.41, 5.74) is 0. The summed E-state index contributed by atoms with van der Waals surface area (Å²) in [6, 6.07) is 0.414. The summed E-state index contributed by atoms with van der Waals surface area (Å²) >= 11 is 2.01. The van der Waals surface area contributed by atoms with Crippen LogP contribution in [0.15, 0.2) is 0 Å². The number of amides is 2. The van der Waals surface area contributed by atoms with E-state index in [1.165, 1.54) is 6.42 Å². The highest BCUT2D eigenvalue weighted by Crippen LogP contribution is 2.30. The van der Waals surface area contributed by atoms with Crippen molar-refractivity contribution in [3.05, 3.63) is 0 Å². The Labute approximate surface area is 120 Å². The Hall–Kier alpha value is -0.420. The van der Waals surface area contributed by atoms with Crippen LogP contribution in [0.2, 0.25) is 0 Å². The van der Waals surface area contributed by atoms with Gasteiger partial charge in [-0.3, -0.25) is 0 Å². The number of aliphatic hydroxyl groups is 1. The second-order valence-corrected chi connectivity index (χ2v) is 7.35. The molecule has 19 heavy (non-hydrogen) atoms. The van der Waals surface area contributed by atoms with Gasteiger partial charge in [-0.25, -0.2) is 4.79 Å². The Bertz CT molecular complexity index is 312. The number of hydrogen-bond donors (Lipinski definition) is 2. The lowest BCUT2D eigenvalue weighted by Gasteiger charge is -2.21. The van der Waals surface area contributed by atoms with Gasteiger partial charge in [0.15, 0.2) is 0 Å². The number of likely N-dealkylation sites (tertiary alicyclic amines) is 1. The summed E-state index contributed by atoms with van der Waals surface area (Å²) in [4.78, 5) is 14.0. The normalized spacial score (nSPS) is 32.6. The Morgan fingerprint density at radius 2 is 2.26 bits per heavy atom. The maximum atomic E-state index is 12.2. The predicted molar refractivity (Wildman–Crippen MR) is 79.5 cm³/mol. The van der Waals surface area contributed by atoms with Gasteiger partial charge >= 0.3 is 6.03 Å². The Morgan fingerprint density at radius 1 is 1.47 bits per heavy atom. The zero-order chi connectivity index (χ0) is 13.8. The van der Waals surface area contributed by atoms with E-state index in [1.54, 1.807) is 0 Å². The van der Waals surface area contributed by atoms with E-state index in [4.69, 9.17) is 0 Å². The van der Waals surface area contributed by atoms with Gasteiger partial charge in [-0.2, -0.15) is 11.8 Å². The van der Waals surface area contributed by atoms with Crippen molar-refractivity contribution in [3.63, 3.8) is 0 Å². The second-order valence-electron chi connectivity index (χ2n) is 5.77. The molecule has 0 unspecified atom stereocenters. The van der Waals surface area contributed by atoms with Crippen molar-refractivity contribution in [2.75, 3.05) is 18.8 Å². The lowest BCUT2D eigenvalue weighted by Crippen LogP contribution is -2.43. The van der Waals surface area contributed by atoms with Crippen LogP contribution >= 0.6 is 11.8 Å². The smallest absolute Gasteiger partial charge is 0.317 e. The fraction of sp³-hybridized carbons (Fsp3) is 0.929. The first-order valence-electron chi connectivity index (χ1n) is 7.45. The average Bonchev–Trinajstić information content (AvgIpc) is 2.98. The van der Waals surface area contributed by atoms with Crippen LogP contribution in [-0.2, 0) is 0 Å². The molecule has 5 heteroatoms. The molecule has 4 nitrogen and oxygen atoms in total. The van der Waals surface area contributed by atoms with Gasteiger partial charge < -0.3 is 15.3 Å². The summed E-state index contributed by atoms with van der Waals surface area (Å²) in [5, 5.41) is 13.5. The molecule has 0 aromatic rings. The molecular formula is C14H26N2O2S. The summed E-state index contributed by atoms with van der Waals surface area (Å²) in [6.07, 6.45) is 4.05. The lowest BCUT2D eigenvalue weighted by molar-refractivity contribution is 0.129. The largest absolute Gasteiger partial charge is 0.393 e. The van der Waals surface area contributed by atoms with E-state index in [2.05, 4.69) is 12.2 Å². The maximum absolute atomic E-state index is 12.2. The van der Waals surface area contributed by atoms with E-state index in [0.717, 1.165) is 36.8 Å². The molecule has 2 fully saturated rings. The summed E-state index contributed by atoms with van der Waals surface area (Å²) in [5.74, 6) is 1.41. The number of nitrogens with zero attached hydrogens (tertiary/aromatic N) is 1. The van der Waals surface area contributed by atoms with Crippen molar-refractivity contribution in [1.29, 1.82) is 0 Å². The van der Waals surface area contributed by atoms with E-state index in [9.17, 15) is 9.90 Å². The minimum absolute atomic E-state index is 0.0651. The molecule has 0 aromatic carbocycles. The molecule has 110 valence electrons. The van der Waals surface area contributed by atoms with Crippen molar-refractivity contribution >= 4 is 17.8 Å². The van der Waals surface area contributed by atoms with Crippen LogP contribution in [0.1, 0.15) is 39.5 Å². The van der Waals surface area contributed by atoms with Crippen LogP contribution in [0.4, 0.5) is 4.79 Å². The highest BCUT2D eigenvalue weighted by atomic mass is 32.2. The van der Waals surface area contributed by atoms with E-state index >= 15 is 0 Å². The van der Waals surface area contributed by atoms with Gasteiger partial charge in [0, 0.05) is 30.3 Å². The minimum atomic E-state index is -0.311. The molecule has 1 heterocycles. The third-order valence-electron chi connectivity index (χ3n) is 4.31. The minimum Gasteiger partial charge on any atom is -0.393 e. The third-order valence-corrected chi connectivity index (χ3v) is 5.54. The predicted octanol–water partition coefficient (Wildman–Crippen LogP) is 2.07. The number of urea groups is 1. The number of aliphatic hydroxyl groups excluding tert-OH is 1. The molecular weight excluding hydrogens is 260 g/mol. The molecule has 2 rings (SSSR count). The molecule has 1 aliphatic carbocycles. The van der Waals surface area contributed by atoms with E-state index in [0.29, 0.717) is 12.6 Å². The van der Waals surface area contributed by atoms with Crippen LogP contribution in [-0.4, -0.2) is 52.3 Å². The third kappa shape index (κ3) is 4.02. The molecule has 0 bridgehead atoms. The number of carbonyl (C=O) groups excluding carboxylic acids is 1. The monoisotopic (exact) mass is 286 g/mol. The fourth-order valence-electron chi connectivity index (χ4n) is 3.09. The topological polar surface area (TPSA) is 52.6 Å². The Balaban J connectivity index is 1.73. The summed E-state index contributed by atoms with van der Waals surface area (Å²) in [6.45, 7) is 5.48. The molecule has 1 saturated carbocycles. The van der Waals surface area contributed by atoms with Crippen molar-refractivity contribution in [2.45, 2.75) is 56.9 Å². The fourth-order valence-corrected chi connectivity index (χ4v) is 4.23. The first-order valence-corrected chi connectivity index (χ1v) is 8.50. The van der Waals surface area contributed by atoms with E-state index in [-0.39, 0.29) is 18.1 Å². The number of carbonyl (C=O) groups is 1. The SMILES string of the molecule is CCS[C@@H]1CC[C@H](NC(=O)N2CC[C@H]([C@@H](C)O)C2)C1. The number of hydrogen-bond acceptors (Lipinski definition) is 3. The lowest BCUT2D eigenvalue weighted by atomic mass is 10.0. The van der Waals surface area contributed by atoms with Gasteiger partial charge in [0.2, 0.25) is 0 Å². The van der Waals surface area contributed by atoms with Crippen molar-refractivity contribution in [1.82, 2.24) is 10.2 Å². The van der Waals surface area contributed by atoms with Crippen LogP contribution in [0.3, 0.4) is 0 Å². The molecule has 0 spiro atoms. The van der Waals surface area contributed by atoms with Crippen LogP contribution in [0.5, 0.6) is 0 Å². The number of thioether (sulfide) groups is 1. The number of nitrogens with one attached hydrogen (secondary N) is 1. The standard InChI is InChI=1S/C14H26N2O2S/c1-3-19-13-5-4-12(8-13)15-14(18)16-7-6-11(9-16)10(2)17/h10-13,17H,3-9H2,1-2H3,(H,15,18)/t10-,11+,12+,13-/m1/s1. The molecule has 0 radical (unpaired) electrons. The van der Waals surface area contributed by atoms with Crippen molar-refractivity contribution in [2.24, 2.45) is 5.92 Å². The van der Waals surface area contributed by atoms with Crippen molar-refractivity contribution in [3.8, 4) is 0 Å². The van der Waals surface area contributed by atoms with Crippen molar-refractivity contribution < 1.29 is 9.90 Å². The van der Waals surface area contributed by atoms with Crippen LogP contribution in [0.25, 0.3) is 0 Å². The molecule has 2 N–H and O–H groups in total. The summed E-state index contributed by atoms with van der Waals surface area (Å²) < 4.78 is 0. The average molecular weight is 286 g/mol. The van der Waals surface area contributed by atoms with Gasteiger partial charge in [-0.15, -0.1) is 0 Å². The molecule has 1 aliphatic heterocycles. The molecule has 2 aliphatic rings. The Kier molecular flexibility index (Phi) is 5.39. The zero-order valence-electron chi connectivity index (χ0n) is 12.0. The molecule has 1 saturated heterocycles. The molecule has 4 atom stereocenters. The van der Waals surface area contributed by atoms with Gasteiger partial charge in [0.25, 0.3) is 0 Å². The molecule has 2 amide bonds. The quantitative estimate of drug-likeness (QED) is 0.832. The first-order chi connectivity index (χ1) is 9.10. The van der Waals surface area contributed by atoms with E-state index < -0.39 is 0 Å². The highest BCUT2D eigenvalue weighted by Gasteiger charge is 2.31. The Morgan fingerprint density at radius 3 is 2.89 bits per heavy atom. The van der Waals surface area contributed by atoms with Crippen LogP contribution < -0.4 is 5.32 Å². The maximum Gasteiger partial charge on any atom is 0.317 e. The summed E-state index contributed by atoms with van der Waals surface area (Å²) in [7, 11) is 0. The first kappa shape index (κ1) is 15.0. The van der Waals surface area contributed by atoms with E-state index in [1.807, 2.05) is 23.6 Å². The van der Waals surface area contributed by atoms with Gasteiger partial charge in [0.1, 0.15) is 0 Å². The second kappa shape index (κ2) is 6.84. The van der Waals surface area contributed by atoms with Gasteiger partial charge in [-0.1, -0.05) is 6.92 Å². The highest BCUT2D eigenvalue weighted by molar-refractivity contribution is 7.99.